The number of hydrogen-bond acceptors (Lipinski definition) is 3. The van der Waals surface area contributed by atoms with E-state index in [-0.39, 0.29) is 11.8 Å². The highest BCUT2D eigenvalue weighted by molar-refractivity contribution is 5.95. The summed E-state index contributed by atoms with van der Waals surface area (Å²) in [7, 11) is 0. The molecular formula is C31H64N2O2. The van der Waals surface area contributed by atoms with E-state index in [4.69, 9.17) is 0 Å². The maximum atomic E-state index is 11.8. The maximum Gasteiger partial charge on any atom is 0.226 e. The van der Waals surface area contributed by atoms with E-state index in [9.17, 15) is 9.59 Å². The van der Waals surface area contributed by atoms with E-state index < -0.39 is 0 Å². The quantitative estimate of drug-likeness (QED) is 0.124. The third-order valence-electron chi connectivity index (χ3n) is 6.43. The molecule has 0 atom stereocenters. The Balaban J connectivity index is 0. The van der Waals surface area contributed by atoms with Gasteiger partial charge < -0.3 is 5.32 Å². The van der Waals surface area contributed by atoms with Crippen LogP contribution in [0.15, 0.2) is 0 Å². The fourth-order valence-electron chi connectivity index (χ4n) is 4.08. The van der Waals surface area contributed by atoms with Crippen molar-refractivity contribution in [2.45, 2.75) is 175 Å². The minimum Gasteiger partial charge on any atom is -0.317 e. The zero-order valence-corrected chi connectivity index (χ0v) is 24.5. The average molecular weight is 497 g/mol. The summed E-state index contributed by atoms with van der Waals surface area (Å²) in [6.07, 6.45) is 27.3. The first-order chi connectivity index (χ1) is 17.1. The summed E-state index contributed by atoms with van der Waals surface area (Å²) in [6, 6.07) is 0. The first kappa shape index (κ1) is 36.3. The van der Waals surface area contributed by atoms with E-state index in [2.05, 4.69) is 38.3 Å². The molecule has 4 heteroatoms. The molecule has 0 heterocycles. The lowest BCUT2D eigenvalue weighted by molar-refractivity contribution is -0.130. The molecule has 2 N–H and O–H groups in total. The standard InChI is InChI=1S/C24H47NO2.C7H17N/c1-3-5-7-9-11-13-15-17-19-21-23(26)25-24(27)22-20-18-16-14-12-10-8-6-4-2;1-3-5-7-8-6-4-2/h3-22H2,1-2H3,(H,25,26,27);8H,3-7H2,1-2H3. The lowest BCUT2D eigenvalue weighted by Gasteiger charge is -2.05. The molecule has 0 saturated carbocycles. The van der Waals surface area contributed by atoms with Crippen molar-refractivity contribution in [2.75, 3.05) is 13.1 Å². The van der Waals surface area contributed by atoms with Gasteiger partial charge in [0.2, 0.25) is 11.8 Å². The van der Waals surface area contributed by atoms with E-state index in [1.165, 1.54) is 122 Å². The van der Waals surface area contributed by atoms with Crippen LogP contribution in [0.4, 0.5) is 0 Å². The zero-order chi connectivity index (χ0) is 26.2. The van der Waals surface area contributed by atoms with Gasteiger partial charge in [-0.2, -0.15) is 0 Å². The lowest BCUT2D eigenvalue weighted by Crippen LogP contribution is -2.29. The van der Waals surface area contributed by atoms with E-state index in [1.54, 1.807) is 0 Å². The van der Waals surface area contributed by atoms with E-state index in [0.717, 1.165) is 25.7 Å². The molecule has 0 rings (SSSR count). The molecule has 0 unspecified atom stereocenters. The fraction of sp³-hybridized carbons (Fsp3) is 0.935. The van der Waals surface area contributed by atoms with Gasteiger partial charge in [0.15, 0.2) is 0 Å². The Hall–Kier alpha value is -0.900. The number of imide groups is 1. The van der Waals surface area contributed by atoms with Gasteiger partial charge in [0.25, 0.3) is 0 Å². The van der Waals surface area contributed by atoms with Crippen LogP contribution in [0.5, 0.6) is 0 Å². The number of hydrogen-bond donors (Lipinski definition) is 2. The van der Waals surface area contributed by atoms with Crippen molar-refractivity contribution in [1.82, 2.24) is 10.6 Å². The topological polar surface area (TPSA) is 58.2 Å². The number of nitrogens with one attached hydrogen (secondary N) is 2. The summed E-state index contributed by atoms with van der Waals surface area (Å²) in [5.41, 5.74) is 0. The lowest BCUT2D eigenvalue weighted by atomic mass is 10.1. The minimum absolute atomic E-state index is 0.0844. The second-order valence-corrected chi connectivity index (χ2v) is 10.2. The SMILES string of the molecule is CCCCCCCCCCCC(=O)NC(=O)CCCCCCCCCCC.CCCCNCCC. The number of carbonyl (C=O) groups excluding carboxylic acids is 2. The molecule has 0 radical (unpaired) electrons. The van der Waals surface area contributed by atoms with Gasteiger partial charge in [-0.25, -0.2) is 0 Å². The fourth-order valence-corrected chi connectivity index (χ4v) is 4.08. The number of carbonyl (C=O) groups is 2. The Labute approximate surface area is 220 Å². The molecule has 210 valence electrons. The van der Waals surface area contributed by atoms with Crippen molar-refractivity contribution in [3.8, 4) is 0 Å². The second kappa shape index (κ2) is 33.1. The van der Waals surface area contributed by atoms with Gasteiger partial charge in [-0.3, -0.25) is 14.9 Å². The van der Waals surface area contributed by atoms with Gasteiger partial charge in [-0.05, 0) is 38.8 Å². The molecule has 0 aromatic carbocycles. The first-order valence-corrected chi connectivity index (χ1v) is 15.7. The first-order valence-electron chi connectivity index (χ1n) is 15.7. The van der Waals surface area contributed by atoms with Gasteiger partial charge in [-0.1, -0.05) is 137 Å². The average Bonchev–Trinajstić information content (AvgIpc) is 2.85. The van der Waals surface area contributed by atoms with Crippen molar-refractivity contribution >= 4 is 11.8 Å². The van der Waals surface area contributed by atoms with Crippen LogP contribution in [-0.4, -0.2) is 24.9 Å². The van der Waals surface area contributed by atoms with Crippen molar-refractivity contribution in [3.63, 3.8) is 0 Å². The van der Waals surface area contributed by atoms with E-state index >= 15 is 0 Å². The Morgan fingerprint density at radius 1 is 0.400 bits per heavy atom. The van der Waals surface area contributed by atoms with Crippen LogP contribution in [-0.2, 0) is 9.59 Å². The highest BCUT2D eigenvalue weighted by atomic mass is 16.2. The molecule has 0 aliphatic heterocycles. The summed E-state index contributed by atoms with van der Waals surface area (Å²) < 4.78 is 0. The van der Waals surface area contributed by atoms with Gasteiger partial charge in [0, 0.05) is 12.8 Å². The number of unbranched alkanes of at least 4 members (excludes halogenated alkanes) is 17. The smallest absolute Gasteiger partial charge is 0.226 e. The molecule has 35 heavy (non-hydrogen) atoms. The van der Waals surface area contributed by atoms with Crippen LogP contribution in [0.2, 0.25) is 0 Å². The molecule has 0 bridgehead atoms. The molecular weight excluding hydrogens is 432 g/mol. The van der Waals surface area contributed by atoms with E-state index in [1.807, 2.05) is 0 Å². The highest BCUT2D eigenvalue weighted by Gasteiger charge is 2.07. The molecule has 0 aromatic heterocycles. The van der Waals surface area contributed by atoms with Crippen LogP contribution in [0, 0.1) is 0 Å². The predicted octanol–water partition coefficient (Wildman–Crippen LogP) is 9.26. The monoisotopic (exact) mass is 496 g/mol. The molecule has 4 nitrogen and oxygen atoms in total. The van der Waals surface area contributed by atoms with Crippen molar-refractivity contribution < 1.29 is 9.59 Å². The second-order valence-electron chi connectivity index (χ2n) is 10.2. The van der Waals surface area contributed by atoms with Crippen molar-refractivity contribution in [3.05, 3.63) is 0 Å². The molecule has 0 aliphatic rings. The van der Waals surface area contributed by atoms with Crippen LogP contribution in [0.1, 0.15) is 175 Å². The van der Waals surface area contributed by atoms with Crippen LogP contribution in [0.3, 0.4) is 0 Å². The van der Waals surface area contributed by atoms with Gasteiger partial charge in [0.05, 0.1) is 0 Å². The summed E-state index contributed by atoms with van der Waals surface area (Å²) >= 11 is 0. The molecule has 2 amide bonds. The Bertz CT molecular complexity index is 388. The molecule has 0 saturated heterocycles. The third-order valence-corrected chi connectivity index (χ3v) is 6.43. The summed E-state index contributed by atoms with van der Waals surface area (Å²) in [5, 5.41) is 5.89. The third kappa shape index (κ3) is 35.3. The Morgan fingerprint density at radius 3 is 1.09 bits per heavy atom. The zero-order valence-electron chi connectivity index (χ0n) is 24.5. The van der Waals surface area contributed by atoms with Gasteiger partial charge >= 0.3 is 0 Å². The normalized spacial score (nSPS) is 10.6. The van der Waals surface area contributed by atoms with Crippen LogP contribution < -0.4 is 10.6 Å². The summed E-state index contributed by atoms with van der Waals surface area (Å²) in [6.45, 7) is 11.3. The van der Waals surface area contributed by atoms with Gasteiger partial charge in [-0.15, -0.1) is 0 Å². The van der Waals surface area contributed by atoms with E-state index in [0.29, 0.717) is 12.8 Å². The maximum absolute atomic E-state index is 11.8. The van der Waals surface area contributed by atoms with Crippen molar-refractivity contribution in [1.29, 1.82) is 0 Å². The highest BCUT2D eigenvalue weighted by Crippen LogP contribution is 2.11. The Morgan fingerprint density at radius 2 is 0.743 bits per heavy atom. The number of rotatable bonds is 25. The molecule has 0 aromatic rings. The van der Waals surface area contributed by atoms with Crippen molar-refractivity contribution in [2.24, 2.45) is 0 Å². The largest absolute Gasteiger partial charge is 0.317 e. The van der Waals surface area contributed by atoms with Crippen LogP contribution >= 0.6 is 0 Å². The minimum atomic E-state index is -0.0844. The van der Waals surface area contributed by atoms with Crippen LogP contribution in [0.25, 0.3) is 0 Å². The van der Waals surface area contributed by atoms with Gasteiger partial charge in [0.1, 0.15) is 0 Å². The molecule has 0 fully saturated rings. The molecule has 0 aliphatic carbocycles. The predicted molar refractivity (Wildman–Crippen MR) is 155 cm³/mol. The summed E-state index contributed by atoms with van der Waals surface area (Å²) in [4.78, 5) is 23.6. The number of amides is 2. The molecule has 0 spiro atoms. The Kier molecular flexibility index (Phi) is 34.3. The summed E-state index contributed by atoms with van der Waals surface area (Å²) in [5.74, 6) is -0.169.